The Kier molecular flexibility index (Phi) is 7.39. The van der Waals surface area contributed by atoms with Crippen LogP contribution in [0.5, 0.6) is 0 Å². The lowest BCUT2D eigenvalue weighted by atomic mass is 9.67. The highest BCUT2D eigenvalue weighted by atomic mass is 16.3. The van der Waals surface area contributed by atoms with E-state index in [9.17, 15) is 0 Å². The molecule has 3 nitrogen and oxygen atoms in total. The summed E-state index contributed by atoms with van der Waals surface area (Å²) < 4.78 is 6.60. The molecule has 0 aliphatic heterocycles. The molecule has 10 aromatic rings. The molecule has 8 aromatic carbocycles. The molecule has 262 valence electrons. The second kappa shape index (κ2) is 12.9. The Bertz CT molecular complexity index is 3000. The molecule has 2 heterocycles. The smallest absolute Gasteiger partial charge is 0.180 e. The summed E-state index contributed by atoms with van der Waals surface area (Å²) in [4.78, 5) is 10.9. The first kappa shape index (κ1) is 32.1. The van der Waals surface area contributed by atoms with Gasteiger partial charge >= 0.3 is 0 Å². The van der Waals surface area contributed by atoms with Crippen LogP contribution in [0.25, 0.3) is 78.1 Å². The highest BCUT2D eigenvalue weighted by molar-refractivity contribution is 6.07. The maximum absolute atomic E-state index is 6.60. The normalized spacial score (nSPS) is 12.8. The van der Waals surface area contributed by atoms with E-state index in [0.29, 0.717) is 11.4 Å². The first-order chi connectivity index (χ1) is 27.8. The monoisotopic (exact) mass is 714 g/mol. The largest absolute Gasteiger partial charge is 0.452 e. The van der Waals surface area contributed by atoms with Crippen molar-refractivity contribution in [1.82, 2.24) is 9.97 Å². The molecule has 0 bridgehead atoms. The second-order valence-electron chi connectivity index (χ2n) is 14.5. The molecule has 56 heavy (non-hydrogen) atoms. The number of para-hydroxylation sites is 1. The SMILES string of the molecule is c1ccc(-c2ccc(-c3nc(-c4cc5c(cc4-c4ccccc4)-c4ccccc4C5(c4ccccc4)c4ccccc4)nc4c3oc3ccccc34)cc2)cc1. The van der Waals surface area contributed by atoms with E-state index >= 15 is 0 Å². The van der Waals surface area contributed by atoms with Crippen LogP contribution >= 0.6 is 0 Å². The zero-order valence-electron chi connectivity index (χ0n) is 30.4. The maximum atomic E-state index is 6.60. The lowest BCUT2D eigenvalue weighted by Crippen LogP contribution is -2.28. The third kappa shape index (κ3) is 4.91. The van der Waals surface area contributed by atoms with Crippen LogP contribution in [0.15, 0.2) is 211 Å². The van der Waals surface area contributed by atoms with Gasteiger partial charge in [0.1, 0.15) is 16.8 Å². The van der Waals surface area contributed by atoms with E-state index in [1.165, 1.54) is 38.9 Å². The van der Waals surface area contributed by atoms with Crippen molar-refractivity contribution in [3.05, 3.63) is 229 Å². The average Bonchev–Trinajstić information content (AvgIpc) is 3.80. The summed E-state index contributed by atoms with van der Waals surface area (Å²) in [6, 6.07) is 73.4. The number of fused-ring (bicyclic) bond motifs is 6. The Labute approximate surface area is 325 Å². The summed E-state index contributed by atoms with van der Waals surface area (Å²) in [7, 11) is 0. The van der Waals surface area contributed by atoms with E-state index in [0.717, 1.165) is 50.0 Å². The molecule has 1 aliphatic carbocycles. The fourth-order valence-corrected chi connectivity index (χ4v) is 8.89. The number of hydrogen-bond donors (Lipinski definition) is 0. The molecule has 0 atom stereocenters. The minimum absolute atomic E-state index is 0.568. The molecule has 0 saturated heterocycles. The molecular formula is C53H34N2O. The van der Waals surface area contributed by atoms with Gasteiger partial charge in [-0.15, -0.1) is 0 Å². The lowest BCUT2D eigenvalue weighted by molar-refractivity contribution is 0.667. The van der Waals surface area contributed by atoms with Crippen molar-refractivity contribution in [2.24, 2.45) is 0 Å². The van der Waals surface area contributed by atoms with Gasteiger partial charge in [0.25, 0.3) is 0 Å². The van der Waals surface area contributed by atoms with Gasteiger partial charge in [-0.2, -0.15) is 0 Å². The van der Waals surface area contributed by atoms with Crippen molar-refractivity contribution in [3.63, 3.8) is 0 Å². The Morgan fingerprint density at radius 2 is 0.929 bits per heavy atom. The summed E-state index contributed by atoms with van der Waals surface area (Å²) >= 11 is 0. The minimum atomic E-state index is -0.568. The van der Waals surface area contributed by atoms with Crippen molar-refractivity contribution < 1.29 is 4.42 Å². The van der Waals surface area contributed by atoms with E-state index in [1.54, 1.807) is 0 Å². The van der Waals surface area contributed by atoms with Crippen LogP contribution < -0.4 is 0 Å². The maximum Gasteiger partial charge on any atom is 0.180 e. The highest BCUT2D eigenvalue weighted by Gasteiger charge is 2.46. The summed E-state index contributed by atoms with van der Waals surface area (Å²) in [5.74, 6) is 0.652. The third-order valence-corrected chi connectivity index (χ3v) is 11.4. The fourth-order valence-electron chi connectivity index (χ4n) is 8.89. The number of nitrogens with zero attached hydrogens (tertiary/aromatic N) is 2. The molecule has 0 radical (unpaired) electrons. The molecule has 0 fully saturated rings. The predicted molar refractivity (Wildman–Crippen MR) is 228 cm³/mol. The Hall–Kier alpha value is -7.36. The summed E-state index contributed by atoms with van der Waals surface area (Å²) in [5.41, 5.74) is 16.2. The third-order valence-electron chi connectivity index (χ3n) is 11.4. The van der Waals surface area contributed by atoms with Crippen LogP contribution in [0.1, 0.15) is 22.3 Å². The minimum Gasteiger partial charge on any atom is -0.452 e. The van der Waals surface area contributed by atoms with Gasteiger partial charge < -0.3 is 4.42 Å². The van der Waals surface area contributed by atoms with E-state index in [4.69, 9.17) is 14.4 Å². The van der Waals surface area contributed by atoms with Crippen molar-refractivity contribution >= 4 is 22.1 Å². The Morgan fingerprint density at radius 3 is 1.62 bits per heavy atom. The van der Waals surface area contributed by atoms with E-state index in [2.05, 4.69) is 182 Å². The number of benzene rings is 8. The van der Waals surface area contributed by atoms with Gasteiger partial charge in [0.15, 0.2) is 11.4 Å². The molecule has 2 aromatic heterocycles. The standard InChI is InChI=1S/C53H34N2O/c1-5-17-35(18-6-1)36-29-31-38(32-30-36)49-51-50(42-26-14-16-28-48(42)56-51)55-52(54-49)45-34-47-44(33-43(45)37-19-7-2-8-20-37)41-25-13-15-27-46(41)53(47,39-21-9-3-10-22-39)40-23-11-4-12-24-40/h1-34H. The number of furan rings is 1. The summed E-state index contributed by atoms with van der Waals surface area (Å²) in [6.45, 7) is 0. The van der Waals surface area contributed by atoms with Gasteiger partial charge in [-0.25, -0.2) is 9.97 Å². The molecule has 0 spiro atoms. The fraction of sp³-hybridized carbons (Fsp3) is 0.0189. The first-order valence-corrected chi connectivity index (χ1v) is 19.1. The van der Waals surface area contributed by atoms with Crippen LogP contribution in [0.4, 0.5) is 0 Å². The number of rotatable bonds is 6. The van der Waals surface area contributed by atoms with Crippen molar-refractivity contribution in [1.29, 1.82) is 0 Å². The van der Waals surface area contributed by atoms with Gasteiger partial charge in [0.05, 0.1) is 5.41 Å². The molecule has 0 amide bonds. The van der Waals surface area contributed by atoms with Gasteiger partial charge in [0, 0.05) is 16.5 Å². The van der Waals surface area contributed by atoms with Crippen molar-refractivity contribution in [2.75, 3.05) is 0 Å². The zero-order chi connectivity index (χ0) is 37.1. The molecular weight excluding hydrogens is 681 g/mol. The molecule has 0 saturated carbocycles. The van der Waals surface area contributed by atoms with E-state index in [-0.39, 0.29) is 0 Å². The average molecular weight is 715 g/mol. The zero-order valence-corrected chi connectivity index (χ0v) is 30.4. The highest BCUT2D eigenvalue weighted by Crippen LogP contribution is 2.58. The first-order valence-electron chi connectivity index (χ1n) is 19.1. The lowest BCUT2D eigenvalue weighted by Gasteiger charge is -2.34. The summed E-state index contributed by atoms with van der Waals surface area (Å²) in [6.07, 6.45) is 0. The molecule has 0 unspecified atom stereocenters. The van der Waals surface area contributed by atoms with Gasteiger partial charge in [-0.05, 0) is 79.9 Å². The second-order valence-corrected chi connectivity index (χ2v) is 14.5. The van der Waals surface area contributed by atoms with Crippen LogP contribution in [0.2, 0.25) is 0 Å². The molecule has 11 rings (SSSR count). The topological polar surface area (TPSA) is 38.9 Å². The summed E-state index contributed by atoms with van der Waals surface area (Å²) in [5, 5.41) is 0.964. The van der Waals surface area contributed by atoms with Gasteiger partial charge in [-0.1, -0.05) is 182 Å². The van der Waals surface area contributed by atoms with Gasteiger partial charge in [0.2, 0.25) is 0 Å². The van der Waals surface area contributed by atoms with Crippen LogP contribution in [0, 0.1) is 0 Å². The number of hydrogen-bond acceptors (Lipinski definition) is 3. The predicted octanol–water partition coefficient (Wildman–Crippen LogP) is 13.4. The Balaban J connectivity index is 1.23. The molecule has 1 aliphatic rings. The quantitative estimate of drug-likeness (QED) is 0.172. The molecule has 3 heteroatoms. The van der Waals surface area contributed by atoms with E-state index in [1.807, 2.05) is 24.3 Å². The van der Waals surface area contributed by atoms with Crippen LogP contribution in [0.3, 0.4) is 0 Å². The number of aromatic nitrogens is 2. The van der Waals surface area contributed by atoms with E-state index < -0.39 is 5.41 Å². The van der Waals surface area contributed by atoms with Crippen molar-refractivity contribution in [3.8, 4) is 56.0 Å². The van der Waals surface area contributed by atoms with Gasteiger partial charge in [-0.3, -0.25) is 0 Å². The van der Waals surface area contributed by atoms with Crippen molar-refractivity contribution in [2.45, 2.75) is 5.41 Å². The Morgan fingerprint density at radius 1 is 0.375 bits per heavy atom. The van der Waals surface area contributed by atoms with Crippen LogP contribution in [-0.2, 0) is 5.41 Å². The van der Waals surface area contributed by atoms with Crippen LogP contribution in [-0.4, -0.2) is 9.97 Å². The molecule has 0 N–H and O–H groups in total.